The third-order valence-electron chi connectivity index (χ3n) is 2.79. The molecule has 1 aliphatic carbocycles. The zero-order chi connectivity index (χ0) is 9.97. The predicted molar refractivity (Wildman–Crippen MR) is 55.4 cm³/mol. The van der Waals surface area contributed by atoms with Crippen molar-refractivity contribution >= 4 is 0 Å². The van der Waals surface area contributed by atoms with E-state index in [9.17, 15) is 5.11 Å². The van der Waals surface area contributed by atoms with Gasteiger partial charge in [-0.3, -0.25) is 0 Å². The maximum atomic E-state index is 9.81. The Hall–Kier alpha value is -1.02. The molecular weight excluding hydrogens is 176 g/mol. The SMILES string of the molecule is COc1ccccc1CC(O)C1CC1. The van der Waals surface area contributed by atoms with Crippen molar-refractivity contribution in [2.24, 2.45) is 5.92 Å². The number of methoxy groups -OCH3 is 1. The summed E-state index contributed by atoms with van der Waals surface area (Å²) in [6.07, 6.45) is 2.88. The Kier molecular flexibility index (Phi) is 2.73. The molecule has 0 bridgehead atoms. The van der Waals surface area contributed by atoms with Gasteiger partial charge in [0.1, 0.15) is 5.75 Å². The molecule has 0 aromatic heterocycles. The van der Waals surface area contributed by atoms with E-state index in [2.05, 4.69) is 0 Å². The number of para-hydroxylation sites is 1. The van der Waals surface area contributed by atoms with Gasteiger partial charge in [-0.2, -0.15) is 0 Å². The average molecular weight is 192 g/mol. The molecule has 0 aliphatic heterocycles. The van der Waals surface area contributed by atoms with Gasteiger partial charge >= 0.3 is 0 Å². The summed E-state index contributed by atoms with van der Waals surface area (Å²) in [5.74, 6) is 1.41. The Balaban J connectivity index is 2.06. The van der Waals surface area contributed by atoms with Crippen LogP contribution < -0.4 is 4.74 Å². The van der Waals surface area contributed by atoms with Gasteiger partial charge in [-0.1, -0.05) is 18.2 Å². The summed E-state index contributed by atoms with van der Waals surface area (Å²) >= 11 is 0. The monoisotopic (exact) mass is 192 g/mol. The smallest absolute Gasteiger partial charge is 0.122 e. The van der Waals surface area contributed by atoms with E-state index >= 15 is 0 Å². The van der Waals surface area contributed by atoms with Crippen LogP contribution in [0, 0.1) is 5.92 Å². The first-order valence-electron chi connectivity index (χ1n) is 5.11. The van der Waals surface area contributed by atoms with Crippen LogP contribution in [0.5, 0.6) is 5.75 Å². The molecule has 1 aliphatic rings. The van der Waals surface area contributed by atoms with Crippen LogP contribution in [0.15, 0.2) is 24.3 Å². The highest BCUT2D eigenvalue weighted by molar-refractivity contribution is 5.33. The maximum Gasteiger partial charge on any atom is 0.122 e. The Bertz CT molecular complexity index is 305. The first kappa shape index (κ1) is 9.53. The summed E-state index contributed by atoms with van der Waals surface area (Å²) in [7, 11) is 1.67. The fraction of sp³-hybridized carbons (Fsp3) is 0.500. The number of ether oxygens (including phenoxy) is 1. The van der Waals surface area contributed by atoms with Gasteiger partial charge in [-0.05, 0) is 30.4 Å². The maximum absolute atomic E-state index is 9.81. The molecule has 1 aromatic rings. The lowest BCUT2D eigenvalue weighted by atomic mass is 10.0. The van der Waals surface area contributed by atoms with E-state index in [1.165, 1.54) is 12.8 Å². The van der Waals surface area contributed by atoms with E-state index < -0.39 is 0 Å². The molecular formula is C12H16O2. The molecule has 2 nitrogen and oxygen atoms in total. The van der Waals surface area contributed by atoms with E-state index in [1.54, 1.807) is 7.11 Å². The van der Waals surface area contributed by atoms with Crippen LogP contribution in [0.3, 0.4) is 0 Å². The number of hydrogen-bond donors (Lipinski definition) is 1. The third-order valence-corrected chi connectivity index (χ3v) is 2.79. The summed E-state index contributed by atoms with van der Waals surface area (Å²) in [5.41, 5.74) is 1.11. The molecule has 2 rings (SSSR count). The molecule has 1 aromatic carbocycles. The van der Waals surface area contributed by atoms with Gasteiger partial charge in [0, 0.05) is 6.42 Å². The van der Waals surface area contributed by atoms with Crippen LogP contribution in [-0.2, 0) is 6.42 Å². The van der Waals surface area contributed by atoms with Gasteiger partial charge in [0.25, 0.3) is 0 Å². The first-order chi connectivity index (χ1) is 6.81. The van der Waals surface area contributed by atoms with Crippen LogP contribution in [0.2, 0.25) is 0 Å². The molecule has 1 N–H and O–H groups in total. The van der Waals surface area contributed by atoms with Crippen molar-refractivity contribution in [2.45, 2.75) is 25.4 Å². The Morgan fingerprint density at radius 1 is 1.43 bits per heavy atom. The van der Waals surface area contributed by atoms with Crippen LogP contribution >= 0.6 is 0 Å². The van der Waals surface area contributed by atoms with Gasteiger partial charge in [-0.15, -0.1) is 0 Å². The van der Waals surface area contributed by atoms with Gasteiger partial charge < -0.3 is 9.84 Å². The lowest BCUT2D eigenvalue weighted by Crippen LogP contribution is -2.13. The third kappa shape index (κ3) is 2.07. The lowest BCUT2D eigenvalue weighted by molar-refractivity contribution is 0.150. The summed E-state index contributed by atoms with van der Waals surface area (Å²) < 4.78 is 5.24. The number of benzene rings is 1. The van der Waals surface area contributed by atoms with E-state index in [0.29, 0.717) is 12.3 Å². The van der Waals surface area contributed by atoms with E-state index in [0.717, 1.165) is 11.3 Å². The predicted octanol–water partition coefficient (Wildman–Crippen LogP) is 2.01. The average Bonchev–Trinajstić information content (AvgIpc) is 3.02. The summed E-state index contributed by atoms with van der Waals surface area (Å²) in [6, 6.07) is 7.89. The molecule has 1 unspecified atom stereocenters. The van der Waals surface area contributed by atoms with Crippen molar-refractivity contribution in [3.63, 3.8) is 0 Å². The van der Waals surface area contributed by atoms with Gasteiger partial charge in [0.2, 0.25) is 0 Å². The Labute approximate surface area is 84.5 Å². The van der Waals surface area contributed by atoms with Crippen LogP contribution in [-0.4, -0.2) is 18.3 Å². The molecule has 76 valence electrons. The molecule has 1 saturated carbocycles. The molecule has 1 fully saturated rings. The van der Waals surface area contributed by atoms with Crippen LogP contribution in [0.1, 0.15) is 18.4 Å². The summed E-state index contributed by atoms with van der Waals surface area (Å²) in [4.78, 5) is 0. The fourth-order valence-electron chi connectivity index (χ4n) is 1.74. The molecule has 2 heteroatoms. The largest absolute Gasteiger partial charge is 0.496 e. The zero-order valence-electron chi connectivity index (χ0n) is 8.44. The van der Waals surface area contributed by atoms with E-state index in [-0.39, 0.29) is 6.10 Å². The summed E-state index contributed by atoms with van der Waals surface area (Å²) in [6.45, 7) is 0. The number of aliphatic hydroxyl groups is 1. The Morgan fingerprint density at radius 3 is 2.79 bits per heavy atom. The van der Waals surface area contributed by atoms with Crippen molar-refractivity contribution in [2.75, 3.05) is 7.11 Å². The first-order valence-corrected chi connectivity index (χ1v) is 5.11. The highest BCUT2D eigenvalue weighted by Crippen LogP contribution is 2.35. The second kappa shape index (κ2) is 4.01. The van der Waals surface area contributed by atoms with Crippen LogP contribution in [0.25, 0.3) is 0 Å². The second-order valence-electron chi connectivity index (χ2n) is 3.92. The lowest BCUT2D eigenvalue weighted by Gasteiger charge is -2.12. The van der Waals surface area contributed by atoms with Crippen molar-refractivity contribution in [3.8, 4) is 5.75 Å². The fourth-order valence-corrected chi connectivity index (χ4v) is 1.74. The molecule has 0 amide bonds. The minimum absolute atomic E-state index is 0.189. The van der Waals surface area contributed by atoms with Crippen molar-refractivity contribution in [3.05, 3.63) is 29.8 Å². The number of aliphatic hydroxyl groups excluding tert-OH is 1. The minimum atomic E-state index is -0.189. The van der Waals surface area contributed by atoms with E-state index in [1.807, 2.05) is 24.3 Å². The van der Waals surface area contributed by atoms with E-state index in [4.69, 9.17) is 4.74 Å². The zero-order valence-corrected chi connectivity index (χ0v) is 8.44. The molecule has 0 radical (unpaired) electrons. The molecule has 0 saturated heterocycles. The molecule has 1 atom stereocenters. The van der Waals surface area contributed by atoms with Crippen molar-refractivity contribution < 1.29 is 9.84 Å². The summed E-state index contributed by atoms with van der Waals surface area (Å²) in [5, 5.41) is 9.81. The second-order valence-corrected chi connectivity index (χ2v) is 3.92. The van der Waals surface area contributed by atoms with Crippen molar-refractivity contribution in [1.29, 1.82) is 0 Å². The molecule has 14 heavy (non-hydrogen) atoms. The van der Waals surface area contributed by atoms with Crippen molar-refractivity contribution in [1.82, 2.24) is 0 Å². The van der Waals surface area contributed by atoms with Gasteiger partial charge in [0.15, 0.2) is 0 Å². The van der Waals surface area contributed by atoms with Gasteiger partial charge in [0.05, 0.1) is 13.2 Å². The number of rotatable bonds is 4. The van der Waals surface area contributed by atoms with Crippen LogP contribution in [0.4, 0.5) is 0 Å². The quantitative estimate of drug-likeness (QED) is 0.790. The Morgan fingerprint density at radius 2 is 2.14 bits per heavy atom. The molecule has 0 heterocycles. The minimum Gasteiger partial charge on any atom is -0.496 e. The molecule has 0 spiro atoms. The standard InChI is InChI=1S/C12H16O2/c1-14-12-5-3-2-4-10(12)8-11(13)9-6-7-9/h2-5,9,11,13H,6-8H2,1H3. The van der Waals surface area contributed by atoms with Gasteiger partial charge in [-0.25, -0.2) is 0 Å². The topological polar surface area (TPSA) is 29.5 Å². The highest BCUT2D eigenvalue weighted by Gasteiger charge is 2.30. The number of hydrogen-bond acceptors (Lipinski definition) is 2. The normalized spacial score (nSPS) is 17.9. The highest BCUT2D eigenvalue weighted by atomic mass is 16.5.